The summed E-state index contributed by atoms with van der Waals surface area (Å²) in [6.45, 7) is 11.7. The minimum atomic E-state index is -1.03. The third-order valence-corrected chi connectivity index (χ3v) is 2.84. The first-order valence-corrected chi connectivity index (χ1v) is 6.10. The van der Waals surface area contributed by atoms with Crippen molar-refractivity contribution >= 4 is 5.97 Å². The van der Waals surface area contributed by atoms with E-state index in [0.717, 1.165) is 6.42 Å². The molecule has 0 aliphatic heterocycles. The van der Waals surface area contributed by atoms with Crippen molar-refractivity contribution in [2.75, 3.05) is 0 Å². The van der Waals surface area contributed by atoms with Crippen LogP contribution in [0.2, 0.25) is 0 Å². The van der Waals surface area contributed by atoms with Crippen molar-refractivity contribution in [2.45, 2.75) is 72.0 Å². The normalized spacial score (nSPS) is 17.9. The van der Waals surface area contributed by atoms with Gasteiger partial charge in [-0.15, -0.1) is 0 Å². The standard InChI is InChI=1S/C13H26O3/c1-7-10(3)9-13(8-2,11(14)15)16-12(4,5)6/h10H,7-9H2,1-6H3,(H,14,15). The van der Waals surface area contributed by atoms with E-state index < -0.39 is 17.2 Å². The van der Waals surface area contributed by atoms with E-state index >= 15 is 0 Å². The maximum atomic E-state index is 11.5. The molecule has 0 heterocycles. The molecule has 0 saturated heterocycles. The topological polar surface area (TPSA) is 46.5 Å². The van der Waals surface area contributed by atoms with Crippen LogP contribution >= 0.6 is 0 Å². The first-order valence-electron chi connectivity index (χ1n) is 6.10. The van der Waals surface area contributed by atoms with Crippen molar-refractivity contribution in [3.63, 3.8) is 0 Å². The van der Waals surface area contributed by atoms with Crippen LogP contribution in [0.4, 0.5) is 0 Å². The van der Waals surface area contributed by atoms with Gasteiger partial charge in [0.05, 0.1) is 5.60 Å². The van der Waals surface area contributed by atoms with Crippen molar-refractivity contribution < 1.29 is 14.6 Å². The van der Waals surface area contributed by atoms with Crippen LogP contribution in [0.3, 0.4) is 0 Å². The molecular formula is C13H26O3. The van der Waals surface area contributed by atoms with Gasteiger partial charge >= 0.3 is 5.97 Å². The van der Waals surface area contributed by atoms with Crippen molar-refractivity contribution in [2.24, 2.45) is 5.92 Å². The lowest BCUT2D eigenvalue weighted by molar-refractivity contribution is -0.189. The first kappa shape index (κ1) is 15.4. The fourth-order valence-corrected chi connectivity index (χ4v) is 1.83. The third-order valence-electron chi connectivity index (χ3n) is 2.84. The van der Waals surface area contributed by atoms with E-state index in [-0.39, 0.29) is 0 Å². The van der Waals surface area contributed by atoms with Gasteiger partial charge in [0.1, 0.15) is 0 Å². The number of hydrogen-bond donors (Lipinski definition) is 1. The Hall–Kier alpha value is -0.570. The molecule has 0 amide bonds. The fraction of sp³-hybridized carbons (Fsp3) is 0.923. The Morgan fingerprint density at radius 3 is 2.06 bits per heavy atom. The number of aliphatic carboxylic acids is 1. The van der Waals surface area contributed by atoms with Gasteiger partial charge in [-0.2, -0.15) is 0 Å². The van der Waals surface area contributed by atoms with E-state index in [1.807, 2.05) is 27.7 Å². The summed E-state index contributed by atoms with van der Waals surface area (Å²) in [5.41, 5.74) is -1.46. The van der Waals surface area contributed by atoms with Crippen molar-refractivity contribution in [1.82, 2.24) is 0 Å². The molecule has 0 aromatic carbocycles. The second kappa shape index (κ2) is 5.67. The van der Waals surface area contributed by atoms with Crippen molar-refractivity contribution in [1.29, 1.82) is 0 Å². The molecule has 0 bridgehead atoms. The summed E-state index contributed by atoms with van der Waals surface area (Å²) in [5.74, 6) is -0.483. The molecule has 0 radical (unpaired) electrons. The quantitative estimate of drug-likeness (QED) is 0.760. The first-order chi connectivity index (χ1) is 7.17. The van der Waals surface area contributed by atoms with Crippen LogP contribution in [0, 0.1) is 5.92 Å². The van der Waals surface area contributed by atoms with E-state index in [1.54, 1.807) is 0 Å². The Balaban J connectivity index is 4.93. The Kier molecular flexibility index (Phi) is 5.47. The van der Waals surface area contributed by atoms with E-state index in [0.29, 0.717) is 18.8 Å². The SMILES string of the molecule is CCC(C)CC(CC)(OC(C)(C)C)C(=O)O. The van der Waals surface area contributed by atoms with E-state index in [2.05, 4.69) is 13.8 Å². The van der Waals surface area contributed by atoms with Gasteiger partial charge in [-0.3, -0.25) is 0 Å². The summed E-state index contributed by atoms with van der Waals surface area (Å²) in [4.78, 5) is 11.5. The molecule has 0 aromatic rings. The maximum absolute atomic E-state index is 11.5. The van der Waals surface area contributed by atoms with Crippen LogP contribution < -0.4 is 0 Å². The number of carboxylic acid groups (broad SMARTS) is 1. The summed E-state index contributed by atoms with van der Waals surface area (Å²) in [5, 5.41) is 9.41. The molecule has 3 nitrogen and oxygen atoms in total. The van der Waals surface area contributed by atoms with Gasteiger partial charge in [0.2, 0.25) is 0 Å². The van der Waals surface area contributed by atoms with Gasteiger partial charge in [0, 0.05) is 0 Å². The zero-order valence-corrected chi connectivity index (χ0v) is 11.5. The molecule has 3 heteroatoms. The molecule has 0 fully saturated rings. The van der Waals surface area contributed by atoms with Crippen LogP contribution in [-0.2, 0) is 9.53 Å². The summed E-state index contributed by atoms with van der Waals surface area (Å²) >= 11 is 0. The van der Waals surface area contributed by atoms with Gasteiger partial charge in [-0.25, -0.2) is 4.79 Å². The van der Waals surface area contributed by atoms with Crippen LogP contribution in [0.15, 0.2) is 0 Å². The number of ether oxygens (including phenoxy) is 1. The second-order valence-corrected chi connectivity index (χ2v) is 5.58. The summed E-state index contributed by atoms with van der Waals surface area (Å²) < 4.78 is 5.81. The minimum Gasteiger partial charge on any atom is -0.479 e. The van der Waals surface area contributed by atoms with Crippen molar-refractivity contribution in [3.05, 3.63) is 0 Å². The molecule has 0 aromatic heterocycles. The highest BCUT2D eigenvalue weighted by Gasteiger charge is 2.42. The van der Waals surface area contributed by atoms with Gasteiger partial charge in [0.15, 0.2) is 5.60 Å². The second-order valence-electron chi connectivity index (χ2n) is 5.58. The van der Waals surface area contributed by atoms with Crippen LogP contribution in [-0.4, -0.2) is 22.3 Å². The highest BCUT2D eigenvalue weighted by atomic mass is 16.5. The number of hydrogen-bond acceptors (Lipinski definition) is 2. The number of carbonyl (C=O) groups is 1. The molecule has 96 valence electrons. The van der Waals surface area contributed by atoms with Crippen LogP contribution in [0.1, 0.15) is 60.8 Å². The highest BCUT2D eigenvalue weighted by Crippen LogP contribution is 2.31. The highest BCUT2D eigenvalue weighted by molar-refractivity contribution is 5.77. The Bertz CT molecular complexity index is 230. The molecule has 0 rings (SSSR count). The molecule has 2 atom stereocenters. The molecule has 0 saturated carbocycles. The summed E-state index contributed by atoms with van der Waals surface area (Å²) in [6, 6.07) is 0. The molecular weight excluding hydrogens is 204 g/mol. The molecule has 1 N–H and O–H groups in total. The van der Waals surface area contributed by atoms with Gasteiger partial charge in [-0.05, 0) is 39.5 Å². The Labute approximate surface area is 99.2 Å². The third kappa shape index (κ3) is 4.52. The van der Waals surface area contributed by atoms with Gasteiger partial charge < -0.3 is 9.84 Å². The molecule has 16 heavy (non-hydrogen) atoms. The van der Waals surface area contributed by atoms with Gasteiger partial charge in [-0.1, -0.05) is 27.2 Å². The van der Waals surface area contributed by atoms with E-state index in [1.165, 1.54) is 0 Å². The average molecular weight is 230 g/mol. The largest absolute Gasteiger partial charge is 0.479 e. The minimum absolute atomic E-state index is 0.360. The fourth-order valence-electron chi connectivity index (χ4n) is 1.83. The molecule has 0 aliphatic rings. The summed E-state index contributed by atoms with van der Waals surface area (Å²) in [6.07, 6.45) is 2.05. The summed E-state index contributed by atoms with van der Waals surface area (Å²) in [7, 11) is 0. The average Bonchev–Trinajstić information content (AvgIpc) is 2.13. The van der Waals surface area contributed by atoms with E-state index in [4.69, 9.17) is 4.74 Å². The van der Waals surface area contributed by atoms with Gasteiger partial charge in [0.25, 0.3) is 0 Å². The Morgan fingerprint density at radius 1 is 1.31 bits per heavy atom. The lowest BCUT2D eigenvalue weighted by atomic mass is 9.87. The van der Waals surface area contributed by atoms with E-state index in [9.17, 15) is 9.90 Å². The molecule has 2 unspecified atom stereocenters. The number of rotatable bonds is 6. The van der Waals surface area contributed by atoms with Crippen LogP contribution in [0.5, 0.6) is 0 Å². The predicted octanol–water partition coefficient (Wildman–Crippen LogP) is 3.47. The Morgan fingerprint density at radius 2 is 1.81 bits per heavy atom. The smallest absolute Gasteiger partial charge is 0.335 e. The maximum Gasteiger partial charge on any atom is 0.335 e. The lowest BCUT2D eigenvalue weighted by Crippen LogP contribution is -2.47. The zero-order chi connectivity index (χ0) is 13.0. The zero-order valence-electron chi connectivity index (χ0n) is 11.5. The monoisotopic (exact) mass is 230 g/mol. The van der Waals surface area contributed by atoms with Crippen LogP contribution in [0.25, 0.3) is 0 Å². The number of carboxylic acids is 1. The lowest BCUT2D eigenvalue weighted by Gasteiger charge is -2.37. The molecule has 0 spiro atoms. The predicted molar refractivity (Wildman–Crippen MR) is 65.6 cm³/mol. The van der Waals surface area contributed by atoms with Crippen molar-refractivity contribution in [3.8, 4) is 0 Å². The molecule has 0 aliphatic carbocycles.